The normalized spacial score (nSPS) is 19.7. The molecule has 138 valence electrons. The van der Waals surface area contributed by atoms with Gasteiger partial charge in [-0.3, -0.25) is 15.0 Å². The summed E-state index contributed by atoms with van der Waals surface area (Å²) in [5.41, 5.74) is 2.89. The van der Waals surface area contributed by atoms with Gasteiger partial charge < -0.3 is 15.0 Å². The molecule has 1 aliphatic rings. The third-order valence-electron chi connectivity index (χ3n) is 4.21. The summed E-state index contributed by atoms with van der Waals surface area (Å²) in [5, 5.41) is 3.86. The highest BCUT2D eigenvalue weighted by atomic mass is 32.2. The molecule has 0 bridgehead atoms. The van der Waals surface area contributed by atoms with Crippen LogP contribution in [0.5, 0.6) is 5.75 Å². The zero-order valence-corrected chi connectivity index (χ0v) is 15.4. The van der Waals surface area contributed by atoms with Crippen molar-refractivity contribution in [2.75, 3.05) is 12.9 Å². The van der Waals surface area contributed by atoms with E-state index in [1.807, 2.05) is 12.1 Å². The standard InChI is InChI=1S/C16H19N5O4S/c1-4-16(2)13(23)21(15(24)19-16)20-12(22)8-26-14-17-10-6-5-9(25-3)7-11(10)18-14/h5-7H,4,8H2,1-3H3,(H,17,18)(H,19,24)(H,20,22). The van der Waals surface area contributed by atoms with E-state index in [1.165, 1.54) is 11.8 Å². The maximum atomic E-state index is 12.2. The molecule has 1 aromatic carbocycles. The van der Waals surface area contributed by atoms with Crippen molar-refractivity contribution in [3.05, 3.63) is 18.2 Å². The molecule has 0 spiro atoms. The molecular formula is C16H19N5O4S. The lowest BCUT2D eigenvalue weighted by atomic mass is 10.00. The Morgan fingerprint density at radius 1 is 1.42 bits per heavy atom. The summed E-state index contributed by atoms with van der Waals surface area (Å²) in [6.07, 6.45) is 0.432. The molecule has 0 radical (unpaired) electrons. The monoisotopic (exact) mass is 377 g/mol. The fourth-order valence-corrected chi connectivity index (χ4v) is 3.15. The van der Waals surface area contributed by atoms with Crippen molar-refractivity contribution in [3.8, 4) is 5.75 Å². The van der Waals surface area contributed by atoms with Crippen LogP contribution in [0.3, 0.4) is 0 Å². The van der Waals surface area contributed by atoms with Crippen molar-refractivity contribution >= 4 is 40.6 Å². The molecule has 3 N–H and O–H groups in total. The Hall–Kier alpha value is -2.75. The number of H-pyrrole nitrogens is 1. The Labute approximate surface area is 153 Å². The molecule has 1 unspecified atom stereocenters. The molecule has 1 saturated heterocycles. The minimum Gasteiger partial charge on any atom is -0.497 e. The van der Waals surface area contributed by atoms with E-state index in [9.17, 15) is 14.4 Å². The van der Waals surface area contributed by atoms with E-state index in [4.69, 9.17) is 4.74 Å². The molecule has 4 amide bonds. The first-order valence-corrected chi connectivity index (χ1v) is 8.97. The molecule has 0 saturated carbocycles. The number of hydrogen-bond donors (Lipinski definition) is 3. The van der Waals surface area contributed by atoms with Gasteiger partial charge in [0.15, 0.2) is 5.16 Å². The summed E-state index contributed by atoms with van der Waals surface area (Å²) in [5.74, 6) is -0.249. The van der Waals surface area contributed by atoms with Gasteiger partial charge in [-0.25, -0.2) is 9.78 Å². The van der Waals surface area contributed by atoms with Gasteiger partial charge in [0, 0.05) is 6.07 Å². The van der Waals surface area contributed by atoms with Crippen LogP contribution in [0.2, 0.25) is 0 Å². The molecule has 9 nitrogen and oxygen atoms in total. The summed E-state index contributed by atoms with van der Waals surface area (Å²) in [7, 11) is 1.58. The first-order valence-electron chi connectivity index (χ1n) is 7.99. The van der Waals surface area contributed by atoms with E-state index in [2.05, 4.69) is 20.7 Å². The zero-order chi connectivity index (χ0) is 18.9. The van der Waals surface area contributed by atoms with E-state index in [-0.39, 0.29) is 5.75 Å². The van der Waals surface area contributed by atoms with Crippen LogP contribution >= 0.6 is 11.8 Å². The minimum atomic E-state index is -0.991. The molecule has 3 rings (SSSR count). The van der Waals surface area contributed by atoms with Crippen molar-refractivity contribution in [1.29, 1.82) is 0 Å². The van der Waals surface area contributed by atoms with Crippen molar-refractivity contribution < 1.29 is 19.1 Å². The number of nitrogens with one attached hydrogen (secondary N) is 3. The molecule has 1 aliphatic heterocycles. The lowest BCUT2D eigenvalue weighted by Gasteiger charge is -2.19. The number of ether oxygens (including phenoxy) is 1. The molecule has 1 aromatic heterocycles. The number of imide groups is 1. The maximum absolute atomic E-state index is 12.2. The number of imidazole rings is 1. The second-order valence-corrected chi connectivity index (χ2v) is 6.97. The van der Waals surface area contributed by atoms with E-state index in [0.717, 1.165) is 16.0 Å². The molecule has 1 atom stereocenters. The summed E-state index contributed by atoms with van der Waals surface area (Å²) in [6, 6.07) is 4.79. The molecule has 1 fully saturated rings. The van der Waals surface area contributed by atoms with Gasteiger partial charge in [-0.15, -0.1) is 0 Å². The molecular weight excluding hydrogens is 358 g/mol. The SMILES string of the molecule is CCC1(C)NC(=O)N(NC(=O)CSc2nc3ccc(OC)cc3[nH]2)C1=O. The van der Waals surface area contributed by atoms with E-state index < -0.39 is 23.4 Å². The number of fused-ring (bicyclic) bond motifs is 1. The van der Waals surface area contributed by atoms with Gasteiger partial charge in [0.2, 0.25) is 5.91 Å². The number of hydrazine groups is 1. The third-order valence-corrected chi connectivity index (χ3v) is 5.09. The van der Waals surface area contributed by atoms with Gasteiger partial charge >= 0.3 is 6.03 Å². The fraction of sp³-hybridized carbons (Fsp3) is 0.375. The smallest absolute Gasteiger partial charge is 0.344 e. The Kier molecular flexibility index (Phi) is 4.77. The molecule has 10 heteroatoms. The highest BCUT2D eigenvalue weighted by molar-refractivity contribution is 7.99. The van der Waals surface area contributed by atoms with Gasteiger partial charge in [-0.2, -0.15) is 5.01 Å². The second kappa shape index (κ2) is 6.87. The quantitative estimate of drug-likeness (QED) is 0.518. The van der Waals surface area contributed by atoms with Gasteiger partial charge in [0.25, 0.3) is 5.91 Å². The number of thioether (sulfide) groups is 1. The van der Waals surface area contributed by atoms with Crippen molar-refractivity contribution in [3.63, 3.8) is 0 Å². The number of nitrogens with zero attached hydrogens (tertiary/aromatic N) is 2. The van der Waals surface area contributed by atoms with Crippen molar-refractivity contribution in [1.82, 2.24) is 25.7 Å². The molecule has 0 aliphatic carbocycles. The number of rotatable bonds is 6. The minimum absolute atomic E-state index is 0.00312. The van der Waals surface area contributed by atoms with Gasteiger partial charge in [0.1, 0.15) is 11.3 Å². The zero-order valence-electron chi connectivity index (χ0n) is 14.6. The predicted molar refractivity (Wildman–Crippen MR) is 95.6 cm³/mol. The Balaban J connectivity index is 1.61. The number of urea groups is 1. The van der Waals surface area contributed by atoms with E-state index in [1.54, 1.807) is 27.0 Å². The third kappa shape index (κ3) is 3.32. The van der Waals surface area contributed by atoms with E-state index in [0.29, 0.717) is 17.3 Å². The van der Waals surface area contributed by atoms with Gasteiger partial charge in [0.05, 0.1) is 23.9 Å². The fourth-order valence-electron chi connectivity index (χ4n) is 2.48. The van der Waals surface area contributed by atoms with Crippen LogP contribution in [0.15, 0.2) is 23.4 Å². The summed E-state index contributed by atoms with van der Waals surface area (Å²) < 4.78 is 5.16. The van der Waals surface area contributed by atoms with Crippen LogP contribution in [0, 0.1) is 0 Å². The average Bonchev–Trinajstić information content (AvgIpc) is 3.13. The number of amides is 4. The molecule has 26 heavy (non-hydrogen) atoms. The van der Waals surface area contributed by atoms with E-state index >= 15 is 0 Å². The number of hydrogen-bond acceptors (Lipinski definition) is 6. The summed E-state index contributed by atoms with van der Waals surface area (Å²) >= 11 is 1.17. The number of methoxy groups -OCH3 is 1. The lowest BCUT2D eigenvalue weighted by molar-refractivity contribution is -0.137. The van der Waals surface area contributed by atoms with Crippen LogP contribution in [0.25, 0.3) is 11.0 Å². The second-order valence-electron chi connectivity index (χ2n) is 6.01. The topological polar surface area (TPSA) is 116 Å². The van der Waals surface area contributed by atoms with Gasteiger partial charge in [-0.1, -0.05) is 18.7 Å². The van der Waals surface area contributed by atoms with Crippen LogP contribution < -0.4 is 15.5 Å². The summed E-state index contributed by atoms with van der Waals surface area (Å²) in [4.78, 5) is 43.7. The summed E-state index contributed by atoms with van der Waals surface area (Å²) in [6.45, 7) is 3.41. The average molecular weight is 377 g/mol. The Morgan fingerprint density at radius 2 is 2.19 bits per heavy atom. The molecule has 2 aromatic rings. The van der Waals surface area contributed by atoms with Crippen LogP contribution in [0.4, 0.5) is 4.79 Å². The van der Waals surface area contributed by atoms with Crippen LogP contribution in [-0.4, -0.2) is 51.2 Å². The van der Waals surface area contributed by atoms with Gasteiger partial charge in [-0.05, 0) is 25.5 Å². The maximum Gasteiger partial charge on any atom is 0.344 e. The van der Waals surface area contributed by atoms with Crippen LogP contribution in [0.1, 0.15) is 20.3 Å². The van der Waals surface area contributed by atoms with Crippen molar-refractivity contribution in [2.24, 2.45) is 0 Å². The number of aromatic amines is 1. The number of carbonyl (C=O) groups excluding carboxylic acids is 3. The Bertz CT molecular complexity index is 883. The number of carbonyl (C=O) groups is 3. The highest BCUT2D eigenvalue weighted by Crippen LogP contribution is 2.23. The van der Waals surface area contributed by atoms with Crippen molar-refractivity contribution in [2.45, 2.75) is 31.0 Å². The number of benzene rings is 1. The first-order chi connectivity index (χ1) is 12.4. The Morgan fingerprint density at radius 3 is 2.85 bits per heavy atom. The lowest BCUT2D eigenvalue weighted by Crippen LogP contribution is -2.49. The van der Waals surface area contributed by atoms with Crippen LogP contribution in [-0.2, 0) is 9.59 Å². The highest BCUT2D eigenvalue weighted by Gasteiger charge is 2.47. The molecule has 2 heterocycles. The largest absolute Gasteiger partial charge is 0.497 e. The number of aromatic nitrogens is 2. The predicted octanol–water partition coefficient (Wildman–Crippen LogP) is 1.42. The first kappa shape index (κ1) is 18.1.